The van der Waals surface area contributed by atoms with Crippen molar-refractivity contribution in [3.05, 3.63) is 54.1 Å². The molecular formula is C16H16N2O3. The van der Waals surface area contributed by atoms with Crippen LogP contribution in [0.2, 0.25) is 0 Å². The van der Waals surface area contributed by atoms with Crippen molar-refractivity contribution >= 4 is 11.7 Å². The second-order valence-corrected chi connectivity index (χ2v) is 4.84. The number of methoxy groups -OCH3 is 1. The predicted octanol–water partition coefficient (Wildman–Crippen LogP) is 2.67. The van der Waals surface area contributed by atoms with Gasteiger partial charge >= 0.3 is 6.03 Å². The lowest BCUT2D eigenvalue weighted by Crippen LogP contribution is -2.29. The number of hydrogen-bond acceptors (Lipinski definition) is 3. The highest BCUT2D eigenvalue weighted by atomic mass is 16.5. The van der Waals surface area contributed by atoms with Crippen LogP contribution >= 0.6 is 0 Å². The largest absolute Gasteiger partial charge is 0.504 e. The molecule has 1 unspecified atom stereocenters. The van der Waals surface area contributed by atoms with Gasteiger partial charge in [0.1, 0.15) is 0 Å². The van der Waals surface area contributed by atoms with Crippen molar-refractivity contribution in [3.8, 4) is 11.5 Å². The van der Waals surface area contributed by atoms with E-state index in [1.807, 2.05) is 36.4 Å². The first-order valence-electron chi connectivity index (χ1n) is 6.69. The van der Waals surface area contributed by atoms with Crippen LogP contribution in [0.4, 0.5) is 10.5 Å². The van der Waals surface area contributed by atoms with E-state index < -0.39 is 0 Å². The zero-order valence-corrected chi connectivity index (χ0v) is 11.6. The van der Waals surface area contributed by atoms with E-state index in [2.05, 4.69) is 5.32 Å². The van der Waals surface area contributed by atoms with Crippen LogP contribution in [0, 0.1) is 0 Å². The fourth-order valence-electron chi connectivity index (χ4n) is 2.57. The topological polar surface area (TPSA) is 61.8 Å². The first kappa shape index (κ1) is 13.3. The number of carbonyl (C=O) groups is 1. The minimum Gasteiger partial charge on any atom is -0.504 e. The Morgan fingerprint density at radius 1 is 1.24 bits per heavy atom. The molecule has 1 aliphatic rings. The molecule has 1 fully saturated rings. The summed E-state index contributed by atoms with van der Waals surface area (Å²) in [5, 5.41) is 12.8. The highest BCUT2D eigenvalue weighted by Crippen LogP contribution is 2.34. The summed E-state index contributed by atoms with van der Waals surface area (Å²) < 4.78 is 5.05. The van der Waals surface area contributed by atoms with E-state index in [-0.39, 0.29) is 17.8 Å². The van der Waals surface area contributed by atoms with Gasteiger partial charge in [0.05, 0.1) is 13.2 Å². The molecule has 0 saturated carbocycles. The number of nitrogens with zero attached hydrogens (tertiary/aromatic N) is 1. The molecule has 2 aromatic carbocycles. The minimum atomic E-state index is -0.156. The van der Waals surface area contributed by atoms with Crippen LogP contribution in [0.1, 0.15) is 11.6 Å². The zero-order chi connectivity index (χ0) is 14.8. The maximum absolute atomic E-state index is 12.1. The summed E-state index contributed by atoms with van der Waals surface area (Å²) in [5.74, 6) is 0.490. The number of aromatic hydroxyl groups is 1. The molecule has 2 amide bonds. The summed E-state index contributed by atoms with van der Waals surface area (Å²) in [4.78, 5) is 13.8. The number of anilines is 1. The van der Waals surface area contributed by atoms with Gasteiger partial charge in [0, 0.05) is 12.2 Å². The fraction of sp³-hybridized carbons (Fsp3) is 0.188. The Balaban J connectivity index is 1.97. The summed E-state index contributed by atoms with van der Waals surface area (Å²) in [6.07, 6.45) is 0. The van der Waals surface area contributed by atoms with Crippen molar-refractivity contribution in [3.63, 3.8) is 0 Å². The number of nitrogens with one attached hydrogen (secondary N) is 1. The van der Waals surface area contributed by atoms with Crippen LogP contribution < -0.4 is 15.0 Å². The Morgan fingerprint density at radius 3 is 2.67 bits per heavy atom. The molecule has 21 heavy (non-hydrogen) atoms. The fourth-order valence-corrected chi connectivity index (χ4v) is 2.57. The van der Waals surface area contributed by atoms with Gasteiger partial charge in [-0.15, -0.1) is 0 Å². The molecule has 1 heterocycles. The van der Waals surface area contributed by atoms with Gasteiger partial charge in [-0.1, -0.05) is 24.3 Å². The van der Waals surface area contributed by atoms with Crippen molar-refractivity contribution in [2.75, 3.05) is 18.6 Å². The van der Waals surface area contributed by atoms with Crippen molar-refractivity contribution < 1.29 is 14.6 Å². The first-order valence-corrected chi connectivity index (χ1v) is 6.69. The highest BCUT2D eigenvalue weighted by Gasteiger charge is 2.33. The van der Waals surface area contributed by atoms with E-state index in [9.17, 15) is 9.90 Å². The SMILES string of the molecule is COc1ccc(C2CNC(=O)N2c2ccccc2)cc1O. The van der Waals surface area contributed by atoms with Crippen molar-refractivity contribution in [2.24, 2.45) is 0 Å². The van der Waals surface area contributed by atoms with Crippen molar-refractivity contribution in [2.45, 2.75) is 6.04 Å². The standard InChI is InChI=1S/C16H16N2O3/c1-21-15-8-7-11(9-14(15)19)13-10-17-16(20)18(13)12-5-3-2-4-6-12/h2-9,13,19H,10H2,1H3,(H,17,20). The number of phenolic OH excluding ortho intramolecular Hbond substituents is 1. The van der Waals surface area contributed by atoms with E-state index in [0.717, 1.165) is 11.3 Å². The third-order valence-corrected chi connectivity index (χ3v) is 3.60. The van der Waals surface area contributed by atoms with E-state index in [1.54, 1.807) is 17.0 Å². The number of hydrogen-bond donors (Lipinski definition) is 2. The Morgan fingerprint density at radius 2 is 2.00 bits per heavy atom. The molecule has 0 aromatic heterocycles. The second kappa shape index (κ2) is 5.36. The quantitative estimate of drug-likeness (QED) is 0.911. The smallest absolute Gasteiger partial charge is 0.322 e. The maximum atomic E-state index is 12.1. The number of urea groups is 1. The number of rotatable bonds is 3. The summed E-state index contributed by atoms with van der Waals surface area (Å²) in [6, 6.07) is 14.4. The van der Waals surface area contributed by atoms with Gasteiger partial charge in [-0.2, -0.15) is 0 Å². The van der Waals surface area contributed by atoms with Crippen LogP contribution in [0.5, 0.6) is 11.5 Å². The Labute approximate surface area is 122 Å². The monoisotopic (exact) mass is 284 g/mol. The first-order chi connectivity index (χ1) is 10.2. The number of ether oxygens (including phenoxy) is 1. The van der Waals surface area contributed by atoms with Crippen LogP contribution in [0.25, 0.3) is 0 Å². The average molecular weight is 284 g/mol. The van der Waals surface area contributed by atoms with Crippen LogP contribution in [-0.2, 0) is 0 Å². The van der Waals surface area contributed by atoms with Crippen LogP contribution in [-0.4, -0.2) is 24.8 Å². The lowest BCUT2D eigenvalue weighted by molar-refractivity contribution is 0.251. The predicted molar refractivity (Wildman–Crippen MR) is 79.7 cm³/mol. The minimum absolute atomic E-state index is 0.0716. The molecule has 2 aromatic rings. The second-order valence-electron chi connectivity index (χ2n) is 4.84. The number of para-hydroxylation sites is 1. The lowest BCUT2D eigenvalue weighted by Gasteiger charge is -2.23. The molecule has 2 N–H and O–H groups in total. The number of phenols is 1. The number of carbonyl (C=O) groups excluding carboxylic acids is 1. The van der Waals surface area contributed by atoms with Crippen molar-refractivity contribution in [1.82, 2.24) is 5.32 Å². The third kappa shape index (κ3) is 2.38. The molecule has 0 aliphatic carbocycles. The van der Waals surface area contributed by atoms with Gasteiger partial charge in [-0.3, -0.25) is 4.90 Å². The van der Waals surface area contributed by atoms with Gasteiger partial charge in [0.2, 0.25) is 0 Å². The Bertz CT molecular complexity index is 658. The molecule has 1 aliphatic heterocycles. The van der Waals surface area contributed by atoms with Gasteiger partial charge in [0.15, 0.2) is 11.5 Å². The molecule has 3 rings (SSSR count). The Hall–Kier alpha value is -2.69. The highest BCUT2D eigenvalue weighted by molar-refractivity contribution is 5.95. The molecular weight excluding hydrogens is 268 g/mol. The lowest BCUT2D eigenvalue weighted by atomic mass is 10.1. The molecule has 0 spiro atoms. The Kier molecular flexibility index (Phi) is 3.39. The van der Waals surface area contributed by atoms with Gasteiger partial charge < -0.3 is 15.2 Å². The molecule has 1 atom stereocenters. The van der Waals surface area contributed by atoms with Crippen LogP contribution in [0.3, 0.4) is 0 Å². The maximum Gasteiger partial charge on any atom is 0.322 e. The van der Waals surface area contributed by atoms with E-state index in [4.69, 9.17) is 4.74 Å². The van der Waals surface area contributed by atoms with Gasteiger partial charge in [-0.05, 0) is 29.8 Å². The summed E-state index contributed by atoms with van der Waals surface area (Å²) in [6.45, 7) is 0.500. The molecule has 1 saturated heterocycles. The normalized spacial score (nSPS) is 17.7. The third-order valence-electron chi connectivity index (χ3n) is 3.60. The van der Waals surface area contributed by atoms with Gasteiger partial charge in [0.25, 0.3) is 0 Å². The zero-order valence-electron chi connectivity index (χ0n) is 11.6. The van der Waals surface area contributed by atoms with Crippen molar-refractivity contribution in [1.29, 1.82) is 0 Å². The summed E-state index contributed by atoms with van der Waals surface area (Å²) in [7, 11) is 1.51. The molecule has 108 valence electrons. The summed E-state index contributed by atoms with van der Waals surface area (Å²) in [5.41, 5.74) is 1.68. The van der Waals surface area contributed by atoms with E-state index in [1.165, 1.54) is 7.11 Å². The molecule has 5 heteroatoms. The average Bonchev–Trinajstić information content (AvgIpc) is 2.90. The van der Waals surface area contributed by atoms with Gasteiger partial charge in [-0.25, -0.2) is 4.79 Å². The number of amides is 2. The molecule has 5 nitrogen and oxygen atoms in total. The van der Waals surface area contributed by atoms with Crippen LogP contribution in [0.15, 0.2) is 48.5 Å². The number of benzene rings is 2. The van der Waals surface area contributed by atoms with E-state index in [0.29, 0.717) is 12.3 Å². The molecule has 0 bridgehead atoms. The summed E-state index contributed by atoms with van der Waals surface area (Å²) >= 11 is 0. The van der Waals surface area contributed by atoms with E-state index >= 15 is 0 Å². The molecule has 0 radical (unpaired) electrons.